The molecule has 0 radical (unpaired) electrons. The van der Waals surface area contributed by atoms with E-state index in [2.05, 4.69) is 55.2 Å². The van der Waals surface area contributed by atoms with Crippen molar-refractivity contribution in [2.75, 3.05) is 19.0 Å². The molecule has 0 atom stereocenters. The van der Waals surface area contributed by atoms with E-state index in [1.165, 1.54) is 22.3 Å². The molecule has 1 heterocycles. The van der Waals surface area contributed by atoms with E-state index in [1.54, 1.807) is 0 Å². The second-order valence-electron chi connectivity index (χ2n) is 3.62. The van der Waals surface area contributed by atoms with Gasteiger partial charge in [-0.1, -0.05) is 0 Å². The molecule has 2 heteroatoms. The smallest absolute Gasteiger partial charge is 0.0457 e. The summed E-state index contributed by atoms with van der Waals surface area (Å²) in [4.78, 5) is 5.42. The van der Waals surface area contributed by atoms with Crippen LogP contribution in [-0.2, 0) is 0 Å². The third kappa shape index (κ3) is 1.39. The summed E-state index contributed by atoms with van der Waals surface area (Å²) in [6.07, 6.45) is 0. The van der Waals surface area contributed by atoms with Crippen molar-refractivity contribution in [3.8, 4) is 0 Å². The molecular weight excluding hydrogens is 160 g/mol. The number of nitrogens with zero attached hydrogens (tertiary/aromatic N) is 1. The number of hydrogen-bond acceptors (Lipinski definition) is 1. The Kier molecular flexibility index (Phi) is 1.76. The molecule has 0 bridgehead atoms. The van der Waals surface area contributed by atoms with E-state index < -0.39 is 0 Å². The Bertz CT molecular complexity index is 427. The van der Waals surface area contributed by atoms with Crippen molar-refractivity contribution in [3.05, 3.63) is 30.0 Å². The standard InChI is InChI=1S/C11H14N2/c1-8-6-9-7-10(13(2)3)4-5-11(9)12-8/h4-7,12H,1-3H3. The first-order valence-corrected chi connectivity index (χ1v) is 4.43. The highest BCUT2D eigenvalue weighted by Crippen LogP contribution is 2.20. The fourth-order valence-electron chi connectivity index (χ4n) is 1.54. The highest BCUT2D eigenvalue weighted by Gasteiger charge is 1.99. The summed E-state index contributed by atoms with van der Waals surface area (Å²) in [5, 5.41) is 1.28. The maximum absolute atomic E-state index is 3.31. The summed E-state index contributed by atoms with van der Waals surface area (Å²) in [5.74, 6) is 0. The third-order valence-electron chi connectivity index (χ3n) is 2.26. The number of hydrogen-bond donors (Lipinski definition) is 1. The Labute approximate surface area is 78.2 Å². The van der Waals surface area contributed by atoms with Gasteiger partial charge in [-0.3, -0.25) is 0 Å². The number of nitrogens with one attached hydrogen (secondary N) is 1. The molecule has 2 nitrogen and oxygen atoms in total. The minimum atomic E-state index is 1.21. The molecule has 0 fully saturated rings. The topological polar surface area (TPSA) is 19.0 Å². The monoisotopic (exact) mass is 174 g/mol. The van der Waals surface area contributed by atoms with E-state index in [1.807, 2.05) is 0 Å². The predicted octanol–water partition coefficient (Wildman–Crippen LogP) is 2.54. The van der Waals surface area contributed by atoms with Crippen LogP contribution in [0.5, 0.6) is 0 Å². The Morgan fingerprint density at radius 1 is 1.15 bits per heavy atom. The fraction of sp³-hybridized carbons (Fsp3) is 0.273. The summed E-state index contributed by atoms with van der Waals surface area (Å²) in [5.41, 5.74) is 3.67. The van der Waals surface area contributed by atoms with Gasteiger partial charge in [-0.2, -0.15) is 0 Å². The molecule has 2 rings (SSSR count). The second-order valence-corrected chi connectivity index (χ2v) is 3.62. The third-order valence-corrected chi connectivity index (χ3v) is 2.26. The summed E-state index contributed by atoms with van der Waals surface area (Å²) < 4.78 is 0. The molecular formula is C11H14N2. The van der Waals surface area contributed by atoms with Gasteiger partial charge in [0.15, 0.2) is 0 Å². The van der Waals surface area contributed by atoms with E-state index in [0.29, 0.717) is 0 Å². The zero-order valence-electron chi connectivity index (χ0n) is 8.26. The van der Waals surface area contributed by atoms with Gasteiger partial charge in [-0.25, -0.2) is 0 Å². The minimum absolute atomic E-state index is 1.21. The van der Waals surface area contributed by atoms with Crippen LogP contribution in [0.1, 0.15) is 5.69 Å². The van der Waals surface area contributed by atoms with Crippen LogP contribution in [0, 0.1) is 6.92 Å². The number of aromatic amines is 1. The van der Waals surface area contributed by atoms with Gasteiger partial charge in [0.2, 0.25) is 0 Å². The Morgan fingerprint density at radius 2 is 1.92 bits per heavy atom. The van der Waals surface area contributed by atoms with Crippen molar-refractivity contribution in [1.82, 2.24) is 4.98 Å². The molecule has 0 spiro atoms. The summed E-state index contributed by atoms with van der Waals surface area (Å²) >= 11 is 0. The number of H-pyrrole nitrogens is 1. The normalized spacial score (nSPS) is 10.7. The zero-order valence-corrected chi connectivity index (χ0v) is 8.26. The second kappa shape index (κ2) is 2.80. The van der Waals surface area contributed by atoms with Crippen molar-refractivity contribution in [2.24, 2.45) is 0 Å². The number of aromatic nitrogens is 1. The first-order valence-electron chi connectivity index (χ1n) is 4.43. The van der Waals surface area contributed by atoms with Crippen LogP contribution in [0.15, 0.2) is 24.3 Å². The van der Waals surface area contributed by atoms with Gasteiger partial charge in [0.1, 0.15) is 0 Å². The van der Waals surface area contributed by atoms with E-state index in [4.69, 9.17) is 0 Å². The largest absolute Gasteiger partial charge is 0.378 e. The van der Waals surface area contributed by atoms with Gasteiger partial charge < -0.3 is 9.88 Å². The molecule has 13 heavy (non-hydrogen) atoms. The molecule has 0 saturated carbocycles. The van der Waals surface area contributed by atoms with Crippen molar-refractivity contribution in [3.63, 3.8) is 0 Å². The predicted molar refractivity (Wildman–Crippen MR) is 57.4 cm³/mol. The van der Waals surface area contributed by atoms with Gasteiger partial charge in [0, 0.05) is 36.4 Å². The lowest BCUT2D eigenvalue weighted by molar-refractivity contribution is 1.13. The molecule has 0 aliphatic rings. The number of anilines is 1. The zero-order chi connectivity index (χ0) is 9.42. The van der Waals surface area contributed by atoms with E-state index in [9.17, 15) is 0 Å². The quantitative estimate of drug-likeness (QED) is 0.704. The molecule has 1 aromatic carbocycles. The molecule has 0 amide bonds. The van der Waals surface area contributed by atoms with E-state index in [0.717, 1.165) is 0 Å². The Balaban J connectivity index is 2.61. The lowest BCUT2D eigenvalue weighted by atomic mass is 10.2. The molecule has 0 saturated heterocycles. The van der Waals surface area contributed by atoms with Crippen LogP contribution in [-0.4, -0.2) is 19.1 Å². The van der Waals surface area contributed by atoms with Gasteiger partial charge in [0.25, 0.3) is 0 Å². The Hall–Kier alpha value is -1.44. The summed E-state index contributed by atoms with van der Waals surface area (Å²) in [7, 11) is 4.11. The summed E-state index contributed by atoms with van der Waals surface area (Å²) in [6.45, 7) is 2.08. The maximum Gasteiger partial charge on any atom is 0.0457 e. The first-order chi connectivity index (χ1) is 6.16. The first kappa shape index (κ1) is 8.17. The van der Waals surface area contributed by atoms with Gasteiger partial charge in [-0.05, 0) is 31.2 Å². The molecule has 2 aromatic rings. The highest BCUT2D eigenvalue weighted by atomic mass is 15.1. The van der Waals surface area contributed by atoms with Crippen LogP contribution < -0.4 is 4.90 Å². The van der Waals surface area contributed by atoms with Crippen LogP contribution in [0.25, 0.3) is 10.9 Å². The Morgan fingerprint density at radius 3 is 2.62 bits per heavy atom. The average molecular weight is 174 g/mol. The molecule has 0 unspecified atom stereocenters. The van der Waals surface area contributed by atoms with Crippen LogP contribution in [0.2, 0.25) is 0 Å². The summed E-state index contributed by atoms with van der Waals surface area (Å²) in [6, 6.07) is 8.61. The SMILES string of the molecule is Cc1cc2cc(N(C)C)ccc2[nH]1. The van der Waals surface area contributed by atoms with Crippen molar-refractivity contribution < 1.29 is 0 Å². The number of benzene rings is 1. The van der Waals surface area contributed by atoms with Crippen molar-refractivity contribution >= 4 is 16.6 Å². The van der Waals surface area contributed by atoms with E-state index in [-0.39, 0.29) is 0 Å². The van der Waals surface area contributed by atoms with Crippen molar-refractivity contribution in [2.45, 2.75) is 6.92 Å². The number of rotatable bonds is 1. The van der Waals surface area contributed by atoms with Crippen molar-refractivity contribution in [1.29, 1.82) is 0 Å². The minimum Gasteiger partial charge on any atom is -0.378 e. The van der Waals surface area contributed by atoms with Gasteiger partial charge >= 0.3 is 0 Å². The lowest BCUT2D eigenvalue weighted by Crippen LogP contribution is -2.07. The molecule has 0 aliphatic carbocycles. The molecule has 1 N–H and O–H groups in total. The van der Waals surface area contributed by atoms with Gasteiger partial charge in [0.05, 0.1) is 0 Å². The maximum atomic E-state index is 3.31. The van der Waals surface area contributed by atoms with Gasteiger partial charge in [-0.15, -0.1) is 0 Å². The highest BCUT2D eigenvalue weighted by molar-refractivity contribution is 5.84. The lowest BCUT2D eigenvalue weighted by Gasteiger charge is -2.11. The van der Waals surface area contributed by atoms with Crippen LogP contribution in [0.4, 0.5) is 5.69 Å². The molecule has 68 valence electrons. The number of aryl methyl sites for hydroxylation is 1. The van der Waals surface area contributed by atoms with E-state index >= 15 is 0 Å². The fourth-order valence-corrected chi connectivity index (χ4v) is 1.54. The molecule has 0 aliphatic heterocycles. The average Bonchev–Trinajstić information content (AvgIpc) is 2.42. The van der Waals surface area contributed by atoms with Crippen LogP contribution in [0.3, 0.4) is 0 Å². The number of fused-ring (bicyclic) bond motifs is 1. The van der Waals surface area contributed by atoms with Crippen LogP contribution >= 0.6 is 0 Å². The molecule has 1 aromatic heterocycles.